The van der Waals surface area contributed by atoms with E-state index >= 15 is 0 Å². The minimum atomic E-state index is -0.0927. The van der Waals surface area contributed by atoms with E-state index in [1.807, 2.05) is 4.90 Å². The molecule has 0 atom stereocenters. The van der Waals surface area contributed by atoms with E-state index in [9.17, 15) is 4.79 Å². The number of hydrogen-bond donors (Lipinski definition) is 0. The summed E-state index contributed by atoms with van der Waals surface area (Å²) in [5.74, 6) is 3.25. The molecule has 156 valence electrons. The second-order valence-corrected chi connectivity index (χ2v) is 8.89. The van der Waals surface area contributed by atoms with E-state index in [1.54, 1.807) is 13.0 Å². The number of amides is 1. The van der Waals surface area contributed by atoms with Crippen LogP contribution in [0.2, 0.25) is 0 Å². The first-order valence-electron chi connectivity index (χ1n) is 10.8. The van der Waals surface area contributed by atoms with Crippen LogP contribution in [0.4, 0.5) is 0 Å². The normalized spacial score (nSPS) is 22.7. The van der Waals surface area contributed by atoms with Gasteiger partial charge in [0.25, 0.3) is 5.91 Å². The molecule has 8 heteroatoms. The van der Waals surface area contributed by atoms with Crippen LogP contribution in [0.15, 0.2) is 15.1 Å². The van der Waals surface area contributed by atoms with Crippen molar-refractivity contribution in [2.24, 2.45) is 5.92 Å². The molecule has 0 spiro atoms. The fraction of sp³-hybridized carbons (Fsp3) is 0.714. The van der Waals surface area contributed by atoms with Crippen molar-refractivity contribution < 1.29 is 18.6 Å². The summed E-state index contributed by atoms with van der Waals surface area (Å²) in [6, 6.07) is 1.70. The Kier molecular flexibility index (Phi) is 4.89. The third-order valence-electron chi connectivity index (χ3n) is 6.72. The molecule has 2 saturated heterocycles. The Labute approximate surface area is 169 Å². The molecule has 2 aliphatic heterocycles. The van der Waals surface area contributed by atoms with E-state index in [0.717, 1.165) is 63.0 Å². The van der Waals surface area contributed by atoms with Crippen molar-refractivity contribution in [3.05, 3.63) is 29.2 Å². The average Bonchev–Trinajstić information content (AvgIpc) is 3.24. The van der Waals surface area contributed by atoms with Crippen LogP contribution in [-0.2, 0) is 10.2 Å². The second-order valence-electron chi connectivity index (χ2n) is 8.89. The van der Waals surface area contributed by atoms with Crippen LogP contribution in [0.1, 0.15) is 78.8 Å². The molecule has 1 saturated carbocycles. The number of ether oxygens (including phenoxy) is 1. The minimum absolute atomic E-state index is 0.0575. The van der Waals surface area contributed by atoms with Gasteiger partial charge in [0, 0.05) is 43.7 Å². The summed E-state index contributed by atoms with van der Waals surface area (Å²) in [5, 5.41) is 8.32. The van der Waals surface area contributed by atoms with Gasteiger partial charge in [-0.3, -0.25) is 4.79 Å². The van der Waals surface area contributed by atoms with Crippen LogP contribution >= 0.6 is 0 Å². The van der Waals surface area contributed by atoms with E-state index in [4.69, 9.17) is 18.8 Å². The zero-order valence-electron chi connectivity index (χ0n) is 16.9. The zero-order valence-corrected chi connectivity index (χ0v) is 16.9. The molecule has 0 radical (unpaired) electrons. The summed E-state index contributed by atoms with van der Waals surface area (Å²) < 4.78 is 16.2. The summed E-state index contributed by atoms with van der Waals surface area (Å²) in [5.41, 5.74) is 0.295. The molecule has 3 fully saturated rings. The Hall–Kier alpha value is -2.22. The molecule has 3 aliphatic rings. The smallest absolute Gasteiger partial charge is 0.276 e. The highest BCUT2D eigenvalue weighted by atomic mass is 16.5. The van der Waals surface area contributed by atoms with Crippen molar-refractivity contribution in [3.8, 4) is 0 Å². The monoisotopic (exact) mass is 400 g/mol. The average molecular weight is 400 g/mol. The van der Waals surface area contributed by atoms with Crippen LogP contribution in [0.3, 0.4) is 0 Å². The molecule has 5 rings (SSSR count). The molecule has 1 aliphatic carbocycles. The number of rotatable bonds is 5. The van der Waals surface area contributed by atoms with Gasteiger partial charge in [0.15, 0.2) is 11.5 Å². The van der Waals surface area contributed by atoms with Crippen LogP contribution in [-0.4, -0.2) is 52.4 Å². The van der Waals surface area contributed by atoms with E-state index < -0.39 is 0 Å². The van der Waals surface area contributed by atoms with Crippen LogP contribution in [0.5, 0.6) is 0 Å². The Morgan fingerprint density at radius 2 is 1.90 bits per heavy atom. The van der Waals surface area contributed by atoms with Gasteiger partial charge in [-0.15, -0.1) is 0 Å². The molecular weight excluding hydrogens is 372 g/mol. The number of likely N-dealkylation sites (tertiary alicyclic amines) is 1. The Balaban J connectivity index is 1.32. The third kappa shape index (κ3) is 3.82. The Morgan fingerprint density at radius 1 is 1.14 bits per heavy atom. The molecule has 8 nitrogen and oxygen atoms in total. The van der Waals surface area contributed by atoms with Gasteiger partial charge in [-0.2, -0.15) is 4.98 Å². The molecule has 2 aromatic rings. The summed E-state index contributed by atoms with van der Waals surface area (Å²) in [6.45, 7) is 4.67. The predicted molar refractivity (Wildman–Crippen MR) is 102 cm³/mol. The first-order valence-corrected chi connectivity index (χ1v) is 10.8. The van der Waals surface area contributed by atoms with Gasteiger partial charge >= 0.3 is 0 Å². The molecule has 0 unspecified atom stereocenters. The summed E-state index contributed by atoms with van der Waals surface area (Å²) >= 11 is 0. The second kappa shape index (κ2) is 7.55. The summed E-state index contributed by atoms with van der Waals surface area (Å²) in [6.07, 6.45) is 7.26. The van der Waals surface area contributed by atoms with Crippen molar-refractivity contribution in [1.82, 2.24) is 20.2 Å². The Bertz CT molecular complexity index is 858. The van der Waals surface area contributed by atoms with E-state index in [0.29, 0.717) is 30.5 Å². The van der Waals surface area contributed by atoms with Crippen molar-refractivity contribution in [1.29, 1.82) is 0 Å². The van der Waals surface area contributed by atoms with Crippen molar-refractivity contribution in [2.45, 2.75) is 63.2 Å². The van der Waals surface area contributed by atoms with Crippen molar-refractivity contribution in [2.75, 3.05) is 26.3 Å². The molecule has 1 amide bonds. The highest BCUT2D eigenvalue weighted by molar-refractivity contribution is 5.92. The van der Waals surface area contributed by atoms with Gasteiger partial charge < -0.3 is 18.7 Å². The lowest BCUT2D eigenvalue weighted by molar-refractivity contribution is 0.0635. The number of piperidine rings is 1. The quantitative estimate of drug-likeness (QED) is 0.760. The molecule has 0 N–H and O–H groups in total. The van der Waals surface area contributed by atoms with E-state index in [1.165, 1.54) is 12.8 Å². The summed E-state index contributed by atoms with van der Waals surface area (Å²) in [7, 11) is 0. The standard InChI is InChI=1S/C21H28N4O4/c1-14-12-17(23-28-14)19(26)25-8-6-21(7-9-25,13-15-2-3-15)20-22-18(29-24-20)16-4-10-27-11-5-16/h12,15-16H,2-11,13H2,1H3. The SMILES string of the molecule is Cc1cc(C(=O)N2CCC(CC3CC3)(c3noc(C4CCOCC4)n3)CC2)no1. The molecule has 4 heterocycles. The number of aryl methyl sites for hydroxylation is 1. The fourth-order valence-electron chi connectivity index (χ4n) is 4.72. The van der Waals surface area contributed by atoms with E-state index in [-0.39, 0.29) is 11.3 Å². The number of carbonyl (C=O) groups excluding carboxylic acids is 1. The lowest BCUT2D eigenvalue weighted by atomic mass is 9.73. The first-order chi connectivity index (χ1) is 14.1. The zero-order chi connectivity index (χ0) is 19.8. The van der Waals surface area contributed by atoms with Crippen LogP contribution < -0.4 is 0 Å². The largest absolute Gasteiger partial charge is 0.381 e. The first kappa shape index (κ1) is 18.8. The van der Waals surface area contributed by atoms with Crippen LogP contribution in [0.25, 0.3) is 0 Å². The minimum Gasteiger partial charge on any atom is -0.381 e. The van der Waals surface area contributed by atoms with E-state index in [2.05, 4.69) is 10.3 Å². The molecule has 0 aromatic carbocycles. The van der Waals surface area contributed by atoms with Gasteiger partial charge in [0.1, 0.15) is 5.76 Å². The fourth-order valence-corrected chi connectivity index (χ4v) is 4.72. The van der Waals surface area contributed by atoms with Gasteiger partial charge in [-0.05, 0) is 44.9 Å². The highest BCUT2D eigenvalue weighted by Gasteiger charge is 2.45. The Morgan fingerprint density at radius 3 is 2.55 bits per heavy atom. The maximum absolute atomic E-state index is 12.7. The lowest BCUT2D eigenvalue weighted by Gasteiger charge is -2.39. The maximum Gasteiger partial charge on any atom is 0.276 e. The number of nitrogens with zero attached hydrogens (tertiary/aromatic N) is 4. The highest BCUT2D eigenvalue weighted by Crippen LogP contribution is 2.47. The van der Waals surface area contributed by atoms with Crippen molar-refractivity contribution in [3.63, 3.8) is 0 Å². The lowest BCUT2D eigenvalue weighted by Crippen LogP contribution is -2.46. The number of aromatic nitrogens is 3. The third-order valence-corrected chi connectivity index (χ3v) is 6.72. The van der Waals surface area contributed by atoms with Gasteiger partial charge in [0.2, 0.25) is 5.89 Å². The number of carbonyl (C=O) groups is 1. The number of hydrogen-bond acceptors (Lipinski definition) is 7. The molecule has 2 aromatic heterocycles. The van der Waals surface area contributed by atoms with Gasteiger partial charge in [-0.25, -0.2) is 0 Å². The van der Waals surface area contributed by atoms with Crippen molar-refractivity contribution >= 4 is 5.91 Å². The topological polar surface area (TPSA) is 94.5 Å². The predicted octanol–water partition coefficient (Wildman–Crippen LogP) is 3.23. The molecule has 29 heavy (non-hydrogen) atoms. The molecule has 0 bridgehead atoms. The van der Waals surface area contributed by atoms with Gasteiger partial charge in [0.05, 0.1) is 0 Å². The van der Waals surface area contributed by atoms with Crippen LogP contribution in [0, 0.1) is 12.8 Å². The maximum atomic E-state index is 12.7. The van der Waals surface area contributed by atoms with Gasteiger partial charge in [-0.1, -0.05) is 23.2 Å². The molecular formula is C21H28N4O4. The summed E-state index contributed by atoms with van der Waals surface area (Å²) in [4.78, 5) is 19.5.